The van der Waals surface area contributed by atoms with E-state index in [4.69, 9.17) is 16.7 Å². The molecule has 0 heterocycles. The Labute approximate surface area is 133 Å². The number of halogens is 3. The number of nitrogens with one attached hydrogen (secondary N) is 2. The Morgan fingerprint density at radius 2 is 2.10 bits per heavy atom. The maximum Gasteiger partial charge on any atom is 0.319 e. The largest absolute Gasteiger partial charge is 0.481 e. The van der Waals surface area contributed by atoms with Crippen LogP contribution in [0.25, 0.3) is 0 Å². The molecular weight excluding hydrogens is 367 g/mol. The molecule has 2 rings (SSSR count). The molecule has 0 saturated heterocycles. The summed E-state index contributed by atoms with van der Waals surface area (Å²) < 4.78 is 13.4. The summed E-state index contributed by atoms with van der Waals surface area (Å²) in [5, 5.41) is 14.0. The highest BCUT2D eigenvalue weighted by molar-refractivity contribution is 9.10. The van der Waals surface area contributed by atoms with Crippen molar-refractivity contribution in [1.29, 1.82) is 0 Å². The fourth-order valence-electron chi connectivity index (χ4n) is 1.97. The zero-order valence-corrected chi connectivity index (χ0v) is 12.9. The molecule has 21 heavy (non-hydrogen) atoms. The van der Waals surface area contributed by atoms with Crippen LogP contribution in [-0.2, 0) is 4.79 Å². The molecule has 1 aliphatic rings. The molecule has 8 heteroatoms. The number of carbonyl (C=O) groups is 2. The number of hydrogen-bond acceptors (Lipinski definition) is 2. The predicted molar refractivity (Wildman–Crippen MR) is 79.9 cm³/mol. The lowest BCUT2D eigenvalue weighted by Crippen LogP contribution is -2.36. The number of aliphatic carboxylic acids is 1. The molecule has 2 atom stereocenters. The fraction of sp³-hybridized carbons (Fsp3) is 0.231. The molecule has 0 bridgehead atoms. The van der Waals surface area contributed by atoms with E-state index in [0.717, 1.165) is 6.07 Å². The van der Waals surface area contributed by atoms with Crippen LogP contribution >= 0.6 is 27.5 Å². The molecule has 1 aromatic rings. The van der Waals surface area contributed by atoms with Crippen LogP contribution in [0.2, 0.25) is 5.02 Å². The monoisotopic (exact) mass is 376 g/mol. The Hall–Kier alpha value is -1.60. The molecule has 0 radical (unpaired) electrons. The summed E-state index contributed by atoms with van der Waals surface area (Å²) in [6, 6.07) is 1.34. The van der Waals surface area contributed by atoms with Crippen molar-refractivity contribution < 1.29 is 19.1 Å². The lowest BCUT2D eigenvalue weighted by Gasteiger charge is -2.14. The van der Waals surface area contributed by atoms with Gasteiger partial charge in [0.15, 0.2) is 0 Å². The molecule has 0 aliphatic heterocycles. The van der Waals surface area contributed by atoms with Crippen molar-refractivity contribution in [1.82, 2.24) is 5.32 Å². The van der Waals surface area contributed by atoms with Gasteiger partial charge in [0.05, 0.1) is 22.7 Å². The second-order valence-electron chi connectivity index (χ2n) is 4.51. The van der Waals surface area contributed by atoms with E-state index in [1.54, 1.807) is 6.08 Å². The number of benzene rings is 1. The number of urea groups is 1. The van der Waals surface area contributed by atoms with Gasteiger partial charge in [0.25, 0.3) is 0 Å². The summed E-state index contributed by atoms with van der Waals surface area (Å²) in [6.07, 6.45) is 3.45. The summed E-state index contributed by atoms with van der Waals surface area (Å²) in [5.41, 5.74) is 0.243. The summed E-state index contributed by atoms with van der Waals surface area (Å²) in [6.45, 7) is 0. The molecule has 2 amide bonds. The minimum atomic E-state index is -0.930. The van der Waals surface area contributed by atoms with Crippen LogP contribution in [0.1, 0.15) is 6.42 Å². The normalized spacial score (nSPS) is 20.3. The lowest BCUT2D eigenvalue weighted by atomic mass is 10.1. The van der Waals surface area contributed by atoms with Crippen molar-refractivity contribution in [3.8, 4) is 0 Å². The molecule has 1 aliphatic carbocycles. The topological polar surface area (TPSA) is 78.4 Å². The van der Waals surface area contributed by atoms with E-state index >= 15 is 0 Å². The van der Waals surface area contributed by atoms with Crippen molar-refractivity contribution in [3.63, 3.8) is 0 Å². The van der Waals surface area contributed by atoms with Crippen LogP contribution in [0, 0.1) is 11.7 Å². The third-order valence-electron chi connectivity index (χ3n) is 2.96. The Kier molecular flexibility index (Phi) is 4.84. The summed E-state index contributed by atoms with van der Waals surface area (Å²) in [4.78, 5) is 22.7. The van der Waals surface area contributed by atoms with Crippen LogP contribution in [0.15, 0.2) is 28.8 Å². The summed E-state index contributed by atoms with van der Waals surface area (Å²) >= 11 is 8.97. The third kappa shape index (κ3) is 3.95. The number of anilines is 1. The molecule has 1 aromatic carbocycles. The minimum absolute atomic E-state index is 0.0578. The van der Waals surface area contributed by atoms with E-state index in [1.807, 2.05) is 0 Å². The molecule has 0 spiro atoms. The van der Waals surface area contributed by atoms with Gasteiger partial charge in [0.1, 0.15) is 5.82 Å². The summed E-state index contributed by atoms with van der Waals surface area (Å²) in [5.74, 6) is -2.06. The zero-order valence-electron chi connectivity index (χ0n) is 10.6. The number of rotatable bonds is 3. The van der Waals surface area contributed by atoms with Gasteiger partial charge < -0.3 is 15.7 Å². The van der Waals surface area contributed by atoms with Crippen LogP contribution in [-0.4, -0.2) is 23.1 Å². The first kappa shape index (κ1) is 15.8. The zero-order chi connectivity index (χ0) is 15.6. The molecule has 112 valence electrons. The molecule has 0 aromatic heterocycles. The van der Waals surface area contributed by atoms with Gasteiger partial charge in [0, 0.05) is 4.47 Å². The van der Waals surface area contributed by atoms with Crippen molar-refractivity contribution >= 4 is 45.2 Å². The molecule has 2 unspecified atom stereocenters. The Balaban J connectivity index is 1.98. The quantitative estimate of drug-likeness (QED) is 0.707. The van der Waals surface area contributed by atoms with E-state index < -0.39 is 23.7 Å². The van der Waals surface area contributed by atoms with Crippen molar-refractivity contribution in [3.05, 3.63) is 39.6 Å². The average molecular weight is 378 g/mol. The first-order valence-corrected chi connectivity index (χ1v) is 7.17. The van der Waals surface area contributed by atoms with Crippen LogP contribution in [0.3, 0.4) is 0 Å². The fourth-order valence-corrected chi connectivity index (χ4v) is 2.87. The van der Waals surface area contributed by atoms with Crippen LogP contribution < -0.4 is 10.6 Å². The highest BCUT2D eigenvalue weighted by Gasteiger charge is 2.25. The van der Waals surface area contributed by atoms with Crippen molar-refractivity contribution in [2.75, 3.05) is 5.32 Å². The predicted octanol–water partition coefficient (Wildman–Crippen LogP) is 3.39. The van der Waals surface area contributed by atoms with Gasteiger partial charge in [-0.25, -0.2) is 9.18 Å². The second kappa shape index (κ2) is 6.44. The highest BCUT2D eigenvalue weighted by atomic mass is 79.9. The van der Waals surface area contributed by atoms with Gasteiger partial charge in [0.2, 0.25) is 0 Å². The van der Waals surface area contributed by atoms with Gasteiger partial charge in [-0.2, -0.15) is 0 Å². The van der Waals surface area contributed by atoms with Gasteiger partial charge in [-0.15, -0.1) is 0 Å². The van der Waals surface area contributed by atoms with Gasteiger partial charge in [-0.3, -0.25) is 4.79 Å². The van der Waals surface area contributed by atoms with E-state index in [2.05, 4.69) is 26.6 Å². The summed E-state index contributed by atoms with van der Waals surface area (Å²) in [7, 11) is 0. The van der Waals surface area contributed by atoms with E-state index in [-0.39, 0.29) is 16.8 Å². The minimum Gasteiger partial charge on any atom is -0.481 e. The maximum atomic E-state index is 13.1. The highest BCUT2D eigenvalue weighted by Crippen LogP contribution is 2.31. The molecule has 0 fully saturated rings. The number of amides is 2. The number of hydrogen-bond donors (Lipinski definition) is 3. The first-order chi connectivity index (χ1) is 9.86. The number of carboxylic acid groups (broad SMARTS) is 1. The number of carbonyl (C=O) groups excluding carboxylic acids is 1. The Bertz CT molecular complexity index is 600. The average Bonchev–Trinajstić information content (AvgIpc) is 2.82. The third-order valence-corrected chi connectivity index (χ3v) is 3.89. The van der Waals surface area contributed by atoms with Crippen LogP contribution in [0.4, 0.5) is 14.9 Å². The molecule has 3 N–H and O–H groups in total. The first-order valence-electron chi connectivity index (χ1n) is 6.00. The molecule has 0 saturated carbocycles. The smallest absolute Gasteiger partial charge is 0.319 e. The second-order valence-corrected chi connectivity index (χ2v) is 5.78. The Morgan fingerprint density at radius 3 is 2.67 bits per heavy atom. The number of carboxylic acids is 1. The van der Waals surface area contributed by atoms with Crippen molar-refractivity contribution in [2.45, 2.75) is 12.5 Å². The maximum absolute atomic E-state index is 13.1. The molecule has 5 nitrogen and oxygen atoms in total. The Morgan fingerprint density at radius 1 is 1.38 bits per heavy atom. The van der Waals surface area contributed by atoms with Gasteiger partial charge in [-0.05, 0) is 34.5 Å². The van der Waals surface area contributed by atoms with Gasteiger partial charge in [-0.1, -0.05) is 23.8 Å². The van der Waals surface area contributed by atoms with E-state index in [1.165, 1.54) is 12.1 Å². The standard InChI is InChI=1S/C13H11BrClFN2O3/c14-9-4-7(16)5-10(15)11(9)18-13(21)17-8-2-1-6(3-8)12(19)20/h1-2,4-6,8H,3H2,(H,19,20)(H2,17,18,21). The van der Waals surface area contributed by atoms with Crippen molar-refractivity contribution in [2.24, 2.45) is 5.92 Å². The van der Waals surface area contributed by atoms with Gasteiger partial charge >= 0.3 is 12.0 Å². The SMILES string of the molecule is O=C(Nc1c(Cl)cc(F)cc1Br)NC1C=CC(C(=O)O)C1. The van der Waals surface area contributed by atoms with E-state index in [0.29, 0.717) is 10.9 Å². The van der Waals surface area contributed by atoms with Crippen LogP contribution in [0.5, 0.6) is 0 Å². The lowest BCUT2D eigenvalue weighted by molar-refractivity contribution is -0.140. The van der Waals surface area contributed by atoms with E-state index in [9.17, 15) is 14.0 Å². The molecular formula is C13H11BrClFN2O3.